The highest BCUT2D eigenvalue weighted by Crippen LogP contribution is 2.42. The molecular formula is C26H21FN4O2S. The van der Waals surface area contributed by atoms with Crippen LogP contribution in [0, 0.1) is 12.7 Å². The van der Waals surface area contributed by atoms with Gasteiger partial charge in [0.05, 0.1) is 17.3 Å². The molecule has 0 unspecified atom stereocenters. The molecule has 0 aliphatic carbocycles. The number of anilines is 1. The van der Waals surface area contributed by atoms with Crippen molar-refractivity contribution in [2.45, 2.75) is 19.0 Å². The van der Waals surface area contributed by atoms with Crippen LogP contribution >= 0.6 is 12.2 Å². The van der Waals surface area contributed by atoms with Gasteiger partial charge in [0, 0.05) is 29.5 Å². The Morgan fingerprint density at radius 2 is 1.82 bits per heavy atom. The van der Waals surface area contributed by atoms with Crippen molar-refractivity contribution in [1.29, 1.82) is 0 Å². The van der Waals surface area contributed by atoms with E-state index in [4.69, 9.17) is 12.2 Å². The molecule has 170 valence electrons. The molecule has 1 fully saturated rings. The molecule has 1 aliphatic heterocycles. The highest BCUT2D eigenvalue weighted by molar-refractivity contribution is 7.80. The number of carboxylic acid groups (broad SMARTS) is 1. The van der Waals surface area contributed by atoms with Gasteiger partial charge in [-0.3, -0.25) is 4.98 Å². The Kier molecular flexibility index (Phi) is 5.59. The van der Waals surface area contributed by atoms with Gasteiger partial charge in [0.1, 0.15) is 11.9 Å². The van der Waals surface area contributed by atoms with Crippen LogP contribution in [0.2, 0.25) is 0 Å². The highest BCUT2D eigenvalue weighted by Gasteiger charge is 2.42. The second-order valence-corrected chi connectivity index (χ2v) is 8.47. The second-order valence-electron chi connectivity index (χ2n) is 8.09. The van der Waals surface area contributed by atoms with E-state index in [1.165, 1.54) is 6.07 Å². The van der Waals surface area contributed by atoms with Crippen molar-refractivity contribution in [2.75, 3.05) is 4.90 Å². The summed E-state index contributed by atoms with van der Waals surface area (Å²) in [5.74, 6) is -1.25. The van der Waals surface area contributed by atoms with Gasteiger partial charge >= 0.3 is 5.97 Å². The normalized spacial score (nSPS) is 17.6. The number of nitrogens with one attached hydrogen (secondary N) is 1. The second kappa shape index (κ2) is 8.72. The van der Waals surface area contributed by atoms with Crippen LogP contribution in [0.15, 0.2) is 85.2 Å². The van der Waals surface area contributed by atoms with E-state index in [9.17, 15) is 14.3 Å². The van der Waals surface area contributed by atoms with Gasteiger partial charge in [-0.25, -0.2) is 9.18 Å². The zero-order valence-corrected chi connectivity index (χ0v) is 19.0. The maximum absolute atomic E-state index is 14.0. The Hall–Kier alpha value is -4.04. The number of carboxylic acids is 1. The van der Waals surface area contributed by atoms with Crippen molar-refractivity contribution >= 4 is 29.0 Å². The Bertz CT molecular complexity index is 1370. The first kappa shape index (κ1) is 21.8. The summed E-state index contributed by atoms with van der Waals surface area (Å²) in [6, 6.07) is 20.8. The lowest BCUT2D eigenvalue weighted by atomic mass is 10.0. The van der Waals surface area contributed by atoms with Gasteiger partial charge in [-0.2, -0.15) is 0 Å². The van der Waals surface area contributed by atoms with Gasteiger partial charge in [0.2, 0.25) is 0 Å². The minimum absolute atomic E-state index is 0.218. The molecule has 5 rings (SSSR count). The number of aromatic carboxylic acids is 1. The largest absolute Gasteiger partial charge is 0.478 e. The van der Waals surface area contributed by atoms with Crippen molar-refractivity contribution in [1.82, 2.24) is 14.9 Å². The van der Waals surface area contributed by atoms with Crippen molar-refractivity contribution < 1.29 is 14.3 Å². The minimum atomic E-state index is -0.974. The van der Waals surface area contributed by atoms with Crippen LogP contribution in [-0.2, 0) is 0 Å². The van der Waals surface area contributed by atoms with Crippen LogP contribution in [0.4, 0.5) is 10.1 Å². The summed E-state index contributed by atoms with van der Waals surface area (Å²) in [6.45, 7) is 1.73. The molecule has 1 saturated heterocycles. The zero-order chi connectivity index (χ0) is 23.8. The number of carbonyl (C=O) groups is 1. The molecule has 2 atom stereocenters. The third kappa shape index (κ3) is 3.82. The number of aromatic nitrogens is 2. The predicted octanol–water partition coefficient (Wildman–Crippen LogP) is 5.20. The van der Waals surface area contributed by atoms with Crippen LogP contribution in [0.1, 0.15) is 39.4 Å². The summed E-state index contributed by atoms with van der Waals surface area (Å²) in [7, 11) is 0. The summed E-state index contributed by atoms with van der Waals surface area (Å²) >= 11 is 5.75. The Labute approximate surface area is 201 Å². The fourth-order valence-electron chi connectivity index (χ4n) is 4.35. The summed E-state index contributed by atoms with van der Waals surface area (Å²) in [6.07, 6.45) is 3.67. The molecule has 0 saturated carbocycles. The fourth-order valence-corrected chi connectivity index (χ4v) is 4.69. The summed E-state index contributed by atoms with van der Waals surface area (Å²) in [5.41, 5.74) is 4.08. The monoisotopic (exact) mass is 472 g/mol. The molecule has 0 radical (unpaired) electrons. The maximum Gasteiger partial charge on any atom is 0.335 e. The average molecular weight is 473 g/mol. The fraction of sp³-hybridized carbons (Fsp3) is 0.115. The van der Waals surface area contributed by atoms with Crippen LogP contribution < -0.4 is 10.2 Å². The van der Waals surface area contributed by atoms with Crippen LogP contribution in [0.25, 0.3) is 5.69 Å². The lowest BCUT2D eigenvalue weighted by Crippen LogP contribution is -2.30. The number of nitrogens with zero attached hydrogens (tertiary/aromatic N) is 3. The summed E-state index contributed by atoms with van der Waals surface area (Å²) in [5, 5.41) is 13.2. The first-order valence-corrected chi connectivity index (χ1v) is 11.1. The van der Waals surface area contributed by atoms with Crippen LogP contribution in [-0.4, -0.2) is 25.7 Å². The number of rotatable bonds is 5. The molecule has 2 aromatic carbocycles. The molecule has 4 aromatic rings. The van der Waals surface area contributed by atoms with Gasteiger partial charge < -0.3 is 19.9 Å². The van der Waals surface area contributed by atoms with Crippen molar-refractivity contribution in [3.8, 4) is 5.69 Å². The number of hydrogen-bond donors (Lipinski definition) is 2. The molecule has 0 bridgehead atoms. The van der Waals surface area contributed by atoms with Gasteiger partial charge in [0.15, 0.2) is 5.11 Å². The number of thiocarbonyl (C=S) groups is 1. The smallest absolute Gasteiger partial charge is 0.335 e. The molecule has 8 heteroatoms. The Morgan fingerprint density at radius 1 is 1.06 bits per heavy atom. The number of aryl methyl sites for hydroxylation is 1. The SMILES string of the molecule is Cc1cc(N2C(=S)N[C@H](c3ccccn3)[C@@H]2c2cccn2-c2ccc(C(=O)O)cc2)ccc1F. The minimum Gasteiger partial charge on any atom is -0.478 e. The molecular weight excluding hydrogens is 451 g/mol. The molecule has 2 N–H and O–H groups in total. The van der Waals surface area contributed by atoms with Crippen molar-refractivity contribution in [3.63, 3.8) is 0 Å². The number of benzene rings is 2. The third-order valence-corrected chi connectivity index (χ3v) is 6.31. The van der Waals surface area contributed by atoms with Gasteiger partial charge in [-0.15, -0.1) is 0 Å². The first-order chi connectivity index (χ1) is 16.4. The molecule has 1 aliphatic rings. The quantitative estimate of drug-likeness (QED) is 0.390. The van der Waals surface area contributed by atoms with Crippen molar-refractivity contribution in [3.05, 3.63) is 114 Å². The number of pyridine rings is 1. The number of hydrogen-bond acceptors (Lipinski definition) is 3. The van der Waals surface area contributed by atoms with E-state index < -0.39 is 5.97 Å². The Morgan fingerprint density at radius 3 is 2.50 bits per heavy atom. The Balaban J connectivity index is 1.65. The van der Waals surface area contributed by atoms with E-state index >= 15 is 0 Å². The van der Waals surface area contributed by atoms with Crippen LogP contribution in [0.5, 0.6) is 0 Å². The zero-order valence-electron chi connectivity index (χ0n) is 18.2. The van der Waals surface area contributed by atoms with Crippen LogP contribution in [0.3, 0.4) is 0 Å². The average Bonchev–Trinajstić information content (AvgIpc) is 3.46. The highest BCUT2D eigenvalue weighted by atomic mass is 32.1. The number of halogens is 1. The van der Waals surface area contributed by atoms with E-state index in [0.717, 1.165) is 22.8 Å². The lowest BCUT2D eigenvalue weighted by Gasteiger charge is -2.29. The molecule has 34 heavy (non-hydrogen) atoms. The van der Waals surface area contributed by atoms with Crippen molar-refractivity contribution in [2.24, 2.45) is 0 Å². The topological polar surface area (TPSA) is 70.4 Å². The maximum atomic E-state index is 14.0. The molecule has 3 heterocycles. The molecule has 6 nitrogen and oxygen atoms in total. The third-order valence-electron chi connectivity index (χ3n) is 5.99. The van der Waals surface area contributed by atoms with Gasteiger partial charge in [0.25, 0.3) is 0 Å². The van der Waals surface area contributed by atoms with Gasteiger partial charge in [-0.05, 0) is 91.4 Å². The lowest BCUT2D eigenvalue weighted by molar-refractivity contribution is 0.0697. The first-order valence-electron chi connectivity index (χ1n) is 10.7. The van der Waals surface area contributed by atoms with E-state index in [1.54, 1.807) is 49.5 Å². The summed E-state index contributed by atoms with van der Waals surface area (Å²) < 4.78 is 16.1. The summed E-state index contributed by atoms with van der Waals surface area (Å²) in [4.78, 5) is 17.8. The van der Waals surface area contributed by atoms with E-state index in [2.05, 4.69) is 10.3 Å². The predicted molar refractivity (Wildman–Crippen MR) is 132 cm³/mol. The molecule has 0 spiro atoms. The molecule has 0 amide bonds. The van der Waals surface area contributed by atoms with E-state index in [-0.39, 0.29) is 23.5 Å². The van der Waals surface area contributed by atoms with E-state index in [1.807, 2.05) is 46.0 Å². The van der Waals surface area contributed by atoms with Gasteiger partial charge in [-0.1, -0.05) is 6.07 Å². The molecule has 2 aromatic heterocycles. The standard InChI is InChI=1S/C26H21FN4O2S/c1-16-15-19(11-12-20(16)27)31-24(23(29-26(31)34)21-5-2-3-13-28-21)22-6-4-14-30(22)18-9-7-17(8-10-18)25(32)33/h2-15,23-24H,1H3,(H,29,34)(H,32,33)/t23-,24+/m1/s1. The van der Waals surface area contributed by atoms with E-state index in [0.29, 0.717) is 10.7 Å².